The van der Waals surface area contributed by atoms with Crippen LogP contribution in [0.4, 0.5) is 5.69 Å². The molecule has 0 spiro atoms. The van der Waals surface area contributed by atoms with Crippen molar-refractivity contribution in [2.75, 3.05) is 10.5 Å². The zero-order chi connectivity index (χ0) is 24.3. The summed E-state index contributed by atoms with van der Waals surface area (Å²) in [5.74, 6) is -1.41. The number of fused-ring (bicyclic) bond motifs is 1. The number of aliphatic carboxylic acids is 1. The van der Waals surface area contributed by atoms with E-state index in [0.29, 0.717) is 22.2 Å². The van der Waals surface area contributed by atoms with Gasteiger partial charge < -0.3 is 10.2 Å². The number of benzene rings is 4. The summed E-state index contributed by atoms with van der Waals surface area (Å²) in [7, 11) is -3.97. The van der Waals surface area contributed by atoms with E-state index in [4.69, 9.17) is 16.7 Å². The molecule has 0 fully saturated rings. The van der Waals surface area contributed by atoms with Gasteiger partial charge in [-0.15, -0.1) is 11.8 Å². The molecule has 0 saturated heterocycles. The standard InChI is InChI=1S/C25H20ClNO5S2/c26-18-10-8-16(9-11-18)12-17-4-3-5-19(13-17)34(31,32)27-22-14-23(33-15-24(28)29)25(30)21-7-2-1-6-20(21)22/h1-11,13-14,27,30H,12,15H2,(H,28,29). The SMILES string of the molecule is O=C(O)CSc1cc(NS(=O)(=O)c2cccc(Cc3ccc(Cl)cc3)c2)c2ccccc2c1O. The summed E-state index contributed by atoms with van der Waals surface area (Å²) in [6.45, 7) is 0. The third-order valence-electron chi connectivity index (χ3n) is 5.11. The van der Waals surface area contributed by atoms with Crippen molar-refractivity contribution < 1.29 is 23.4 Å². The van der Waals surface area contributed by atoms with Crippen LogP contribution < -0.4 is 4.72 Å². The molecule has 174 valence electrons. The van der Waals surface area contributed by atoms with Crippen molar-refractivity contribution in [3.63, 3.8) is 0 Å². The van der Waals surface area contributed by atoms with E-state index in [1.54, 1.807) is 48.5 Å². The number of hydrogen-bond donors (Lipinski definition) is 3. The van der Waals surface area contributed by atoms with Crippen molar-refractivity contribution in [1.29, 1.82) is 0 Å². The van der Waals surface area contributed by atoms with E-state index in [1.807, 2.05) is 18.2 Å². The molecule has 4 rings (SSSR count). The van der Waals surface area contributed by atoms with Crippen LogP contribution in [0.5, 0.6) is 5.75 Å². The minimum atomic E-state index is -3.97. The van der Waals surface area contributed by atoms with Gasteiger partial charge in [-0.1, -0.05) is 60.1 Å². The van der Waals surface area contributed by atoms with E-state index in [2.05, 4.69) is 4.72 Å². The van der Waals surface area contributed by atoms with Crippen LogP contribution in [0, 0.1) is 0 Å². The number of aromatic hydroxyl groups is 1. The molecule has 0 amide bonds. The van der Waals surface area contributed by atoms with Crippen LogP contribution in [0.25, 0.3) is 10.8 Å². The van der Waals surface area contributed by atoms with Gasteiger partial charge in [0.15, 0.2) is 0 Å². The molecular weight excluding hydrogens is 494 g/mol. The molecule has 6 nitrogen and oxygen atoms in total. The Morgan fingerprint density at radius 2 is 1.62 bits per heavy atom. The molecule has 34 heavy (non-hydrogen) atoms. The van der Waals surface area contributed by atoms with Crippen LogP contribution in [-0.2, 0) is 21.2 Å². The minimum absolute atomic E-state index is 0.0882. The number of hydrogen-bond acceptors (Lipinski definition) is 5. The molecular formula is C25H20ClNO5S2. The molecule has 9 heteroatoms. The quantitative estimate of drug-likeness (QED) is 0.204. The number of carboxylic acid groups (broad SMARTS) is 1. The van der Waals surface area contributed by atoms with Crippen LogP contribution in [0.3, 0.4) is 0 Å². The number of carbonyl (C=O) groups is 1. The van der Waals surface area contributed by atoms with Crippen LogP contribution in [0.15, 0.2) is 88.7 Å². The average molecular weight is 514 g/mol. The molecule has 0 atom stereocenters. The predicted molar refractivity (Wildman–Crippen MR) is 135 cm³/mol. The average Bonchev–Trinajstić information content (AvgIpc) is 2.81. The van der Waals surface area contributed by atoms with E-state index in [9.17, 15) is 18.3 Å². The van der Waals surface area contributed by atoms with E-state index in [0.717, 1.165) is 22.9 Å². The minimum Gasteiger partial charge on any atom is -0.506 e. The van der Waals surface area contributed by atoms with Crippen LogP contribution >= 0.6 is 23.4 Å². The van der Waals surface area contributed by atoms with Crippen LogP contribution in [-0.4, -0.2) is 30.4 Å². The highest BCUT2D eigenvalue weighted by Gasteiger charge is 2.19. The molecule has 0 aliphatic heterocycles. The van der Waals surface area contributed by atoms with E-state index < -0.39 is 16.0 Å². The number of sulfonamides is 1. The normalized spacial score (nSPS) is 11.4. The third kappa shape index (κ3) is 5.47. The Balaban J connectivity index is 1.68. The van der Waals surface area contributed by atoms with Gasteiger partial charge in [-0.3, -0.25) is 9.52 Å². The molecule has 4 aromatic carbocycles. The number of phenols is 1. The zero-order valence-electron chi connectivity index (χ0n) is 17.7. The van der Waals surface area contributed by atoms with Crippen LogP contribution in [0.1, 0.15) is 11.1 Å². The molecule has 0 unspecified atom stereocenters. The second-order valence-electron chi connectivity index (χ2n) is 7.56. The maximum atomic E-state index is 13.3. The lowest BCUT2D eigenvalue weighted by atomic mass is 10.1. The number of anilines is 1. The van der Waals surface area contributed by atoms with E-state index in [1.165, 1.54) is 12.1 Å². The number of rotatable bonds is 8. The van der Waals surface area contributed by atoms with Gasteiger partial charge in [-0.2, -0.15) is 0 Å². The number of halogens is 1. The van der Waals surface area contributed by atoms with E-state index in [-0.39, 0.29) is 27.0 Å². The number of phenolic OH excluding ortho intramolecular Hbond substituents is 1. The second kappa shape index (κ2) is 9.97. The Labute approximate surface area is 206 Å². The fourth-order valence-electron chi connectivity index (χ4n) is 3.53. The van der Waals surface area contributed by atoms with Crippen molar-refractivity contribution in [3.8, 4) is 5.75 Å². The Bertz CT molecular complexity index is 1470. The Hall–Kier alpha value is -3.20. The summed E-state index contributed by atoms with van der Waals surface area (Å²) < 4.78 is 29.1. The largest absolute Gasteiger partial charge is 0.506 e. The highest BCUT2D eigenvalue weighted by atomic mass is 35.5. The highest BCUT2D eigenvalue weighted by Crippen LogP contribution is 2.40. The van der Waals surface area contributed by atoms with Crippen molar-refractivity contribution in [2.45, 2.75) is 16.2 Å². The molecule has 0 aliphatic carbocycles. The summed E-state index contributed by atoms with van der Waals surface area (Å²) in [5, 5.41) is 21.2. The first-order valence-electron chi connectivity index (χ1n) is 10.2. The molecule has 0 radical (unpaired) electrons. The second-order valence-corrected chi connectivity index (χ2v) is 10.7. The zero-order valence-corrected chi connectivity index (χ0v) is 20.1. The maximum absolute atomic E-state index is 13.3. The smallest absolute Gasteiger partial charge is 0.313 e. The first-order chi connectivity index (χ1) is 16.2. The first-order valence-corrected chi connectivity index (χ1v) is 13.0. The van der Waals surface area contributed by atoms with E-state index >= 15 is 0 Å². The van der Waals surface area contributed by atoms with Crippen molar-refractivity contribution >= 4 is 55.8 Å². The van der Waals surface area contributed by atoms with Gasteiger partial charge in [0.1, 0.15) is 5.75 Å². The summed E-state index contributed by atoms with van der Waals surface area (Å²) in [6.07, 6.45) is 0.540. The van der Waals surface area contributed by atoms with Gasteiger partial charge in [0.05, 0.1) is 21.2 Å². The number of thioether (sulfide) groups is 1. The third-order valence-corrected chi connectivity index (χ3v) is 7.74. The fraction of sp³-hybridized carbons (Fsp3) is 0.0800. The van der Waals surface area contributed by atoms with Gasteiger partial charge >= 0.3 is 5.97 Å². The van der Waals surface area contributed by atoms with Crippen molar-refractivity contribution in [2.24, 2.45) is 0 Å². The van der Waals surface area contributed by atoms with Gasteiger partial charge in [-0.25, -0.2) is 8.42 Å². The lowest BCUT2D eigenvalue weighted by molar-refractivity contribution is -0.133. The summed E-state index contributed by atoms with van der Waals surface area (Å²) in [4.78, 5) is 11.4. The van der Waals surface area contributed by atoms with Crippen LogP contribution in [0.2, 0.25) is 5.02 Å². The summed E-state index contributed by atoms with van der Waals surface area (Å²) in [6, 6.07) is 22.3. The number of carboxylic acids is 1. The molecule has 0 aromatic heterocycles. The molecule has 0 bridgehead atoms. The van der Waals surface area contributed by atoms with Gasteiger partial charge in [0.25, 0.3) is 10.0 Å². The Morgan fingerprint density at radius 1 is 0.912 bits per heavy atom. The fourth-order valence-corrected chi connectivity index (χ4v) is 5.53. The Morgan fingerprint density at radius 3 is 2.32 bits per heavy atom. The maximum Gasteiger partial charge on any atom is 0.313 e. The highest BCUT2D eigenvalue weighted by molar-refractivity contribution is 8.00. The predicted octanol–water partition coefficient (Wildman–Crippen LogP) is 5.77. The van der Waals surface area contributed by atoms with Gasteiger partial charge in [0.2, 0.25) is 0 Å². The molecule has 0 saturated carbocycles. The lowest BCUT2D eigenvalue weighted by Gasteiger charge is -2.15. The summed E-state index contributed by atoms with van der Waals surface area (Å²) in [5.41, 5.74) is 2.07. The molecule has 3 N–H and O–H groups in total. The lowest BCUT2D eigenvalue weighted by Crippen LogP contribution is -2.13. The van der Waals surface area contributed by atoms with Crippen molar-refractivity contribution in [3.05, 3.63) is 95.0 Å². The topological polar surface area (TPSA) is 104 Å². The Kier molecular flexibility index (Phi) is 7.02. The van der Waals surface area contributed by atoms with Gasteiger partial charge in [-0.05, 0) is 47.9 Å². The molecule has 0 heterocycles. The first kappa shape index (κ1) is 23.9. The van der Waals surface area contributed by atoms with Gasteiger partial charge in [0, 0.05) is 15.8 Å². The molecule has 4 aromatic rings. The summed E-state index contributed by atoms with van der Waals surface area (Å²) >= 11 is 6.86. The monoisotopic (exact) mass is 513 g/mol. The van der Waals surface area contributed by atoms with Crippen molar-refractivity contribution in [1.82, 2.24) is 0 Å². The number of nitrogens with one attached hydrogen (secondary N) is 1. The molecule has 0 aliphatic rings.